The molecule has 0 atom stereocenters. The summed E-state index contributed by atoms with van der Waals surface area (Å²) in [5.41, 5.74) is 0.994. The van der Waals surface area contributed by atoms with Gasteiger partial charge in [-0.15, -0.1) is 0 Å². The van der Waals surface area contributed by atoms with E-state index in [1.165, 1.54) is 70.3 Å². The maximum Gasteiger partial charge on any atom is 0.295 e. The second kappa shape index (κ2) is 13.0. The number of rotatable bonds is 15. The van der Waals surface area contributed by atoms with Crippen LogP contribution in [0.15, 0.2) is 35.2 Å². The van der Waals surface area contributed by atoms with Crippen molar-refractivity contribution in [3.8, 4) is 5.75 Å². The Morgan fingerprint density at radius 2 is 1.37 bits per heavy atom. The normalized spacial score (nSPS) is 11.8. The summed E-state index contributed by atoms with van der Waals surface area (Å²) < 4.78 is 38.8. The molecule has 30 heavy (non-hydrogen) atoms. The Morgan fingerprint density at radius 3 is 1.90 bits per heavy atom. The van der Waals surface area contributed by atoms with Gasteiger partial charge in [-0.2, -0.15) is 8.42 Å². The second-order valence-electron chi connectivity index (χ2n) is 8.23. The van der Waals surface area contributed by atoms with Gasteiger partial charge in [-0.25, -0.2) is 0 Å². The Hall–Kier alpha value is -1.59. The summed E-state index contributed by atoms with van der Waals surface area (Å²) >= 11 is 0. The Kier molecular flexibility index (Phi) is 10.7. The summed E-state index contributed by atoms with van der Waals surface area (Å²) in [6.07, 6.45) is 16.5. The number of aryl methyl sites for hydroxylation is 1. The first-order valence-electron chi connectivity index (χ1n) is 11.5. The van der Waals surface area contributed by atoms with Gasteiger partial charge in [0.25, 0.3) is 10.1 Å². The van der Waals surface area contributed by atoms with Crippen LogP contribution in [0, 0.1) is 0 Å². The van der Waals surface area contributed by atoms with Crippen LogP contribution < -0.4 is 4.74 Å². The van der Waals surface area contributed by atoms with Crippen LogP contribution in [0.1, 0.15) is 89.5 Å². The highest BCUT2D eigenvalue weighted by Gasteiger charge is 2.19. The minimum absolute atomic E-state index is 0.0894. The van der Waals surface area contributed by atoms with E-state index in [0.29, 0.717) is 11.1 Å². The number of benzene rings is 2. The molecule has 0 spiro atoms. The summed E-state index contributed by atoms with van der Waals surface area (Å²) in [5.74, 6) is 0.559. The lowest BCUT2D eigenvalue weighted by Crippen LogP contribution is -2.02. The number of ether oxygens (including phenoxy) is 1. The van der Waals surface area contributed by atoms with Crippen LogP contribution in [0.5, 0.6) is 5.75 Å². The van der Waals surface area contributed by atoms with Gasteiger partial charge in [0.2, 0.25) is 0 Å². The SMILES string of the molecule is CCCCCCCCCCCCCCc1ccc2cccc(S(=O)(=O)O)c2c1OC. The standard InChI is InChI=1S/C25H38O4S/c1-3-4-5-6-7-8-9-10-11-12-13-14-16-22-20-19-21-17-15-18-23(30(26,27)28)24(21)25(22)29-2/h15,17-20H,3-14,16H2,1-2H3,(H,26,27,28). The van der Waals surface area contributed by atoms with Gasteiger partial charge in [0, 0.05) is 5.39 Å². The molecule has 0 aromatic heterocycles. The third-order valence-corrected chi connectivity index (χ3v) is 6.72. The predicted molar refractivity (Wildman–Crippen MR) is 125 cm³/mol. The fourth-order valence-corrected chi connectivity index (χ4v) is 4.88. The second-order valence-corrected chi connectivity index (χ2v) is 9.62. The van der Waals surface area contributed by atoms with E-state index in [2.05, 4.69) is 6.92 Å². The molecule has 0 saturated heterocycles. The molecule has 0 aliphatic heterocycles. The van der Waals surface area contributed by atoms with Crippen molar-refractivity contribution in [3.63, 3.8) is 0 Å². The zero-order valence-electron chi connectivity index (χ0n) is 18.7. The molecule has 2 aromatic rings. The van der Waals surface area contributed by atoms with E-state index in [1.54, 1.807) is 13.2 Å². The summed E-state index contributed by atoms with van der Waals surface area (Å²) in [5, 5.41) is 1.22. The molecular formula is C25H38O4S. The van der Waals surface area contributed by atoms with E-state index in [9.17, 15) is 13.0 Å². The monoisotopic (exact) mass is 434 g/mol. The Labute approximate surface area is 182 Å². The molecule has 2 aromatic carbocycles. The molecular weight excluding hydrogens is 396 g/mol. The van der Waals surface area contributed by atoms with Crippen molar-refractivity contribution in [2.75, 3.05) is 7.11 Å². The van der Waals surface area contributed by atoms with Crippen molar-refractivity contribution in [3.05, 3.63) is 35.9 Å². The van der Waals surface area contributed by atoms with Gasteiger partial charge in [-0.05, 0) is 29.9 Å². The van der Waals surface area contributed by atoms with Crippen molar-refractivity contribution in [1.82, 2.24) is 0 Å². The summed E-state index contributed by atoms with van der Waals surface area (Å²) in [6, 6.07) is 8.81. The van der Waals surface area contributed by atoms with Crippen molar-refractivity contribution in [2.24, 2.45) is 0 Å². The molecule has 0 unspecified atom stereocenters. The van der Waals surface area contributed by atoms with Crippen molar-refractivity contribution in [2.45, 2.75) is 95.3 Å². The van der Waals surface area contributed by atoms with Crippen LogP contribution in [-0.4, -0.2) is 20.1 Å². The highest BCUT2D eigenvalue weighted by molar-refractivity contribution is 7.86. The molecule has 2 rings (SSSR count). The van der Waals surface area contributed by atoms with E-state index in [4.69, 9.17) is 4.74 Å². The highest BCUT2D eigenvalue weighted by Crippen LogP contribution is 2.35. The highest BCUT2D eigenvalue weighted by atomic mass is 32.2. The Bertz CT molecular complexity index is 874. The van der Waals surface area contributed by atoms with Crippen molar-refractivity contribution in [1.29, 1.82) is 0 Å². The molecule has 0 radical (unpaired) electrons. The topological polar surface area (TPSA) is 63.6 Å². The first kappa shape index (κ1) is 24.7. The molecule has 0 aliphatic carbocycles. The molecule has 1 N–H and O–H groups in total. The molecule has 0 fully saturated rings. The average Bonchev–Trinajstić information content (AvgIpc) is 2.73. The number of hydrogen-bond donors (Lipinski definition) is 1. The van der Waals surface area contributed by atoms with E-state index in [-0.39, 0.29) is 4.90 Å². The predicted octanol–water partition coefficient (Wildman–Crippen LogP) is 7.34. The molecule has 0 aliphatic rings. The molecule has 0 amide bonds. The van der Waals surface area contributed by atoms with Crippen LogP contribution >= 0.6 is 0 Å². The fraction of sp³-hybridized carbons (Fsp3) is 0.600. The Balaban J connectivity index is 1.80. The summed E-state index contributed by atoms with van der Waals surface area (Å²) in [4.78, 5) is -0.0894. The number of hydrogen-bond acceptors (Lipinski definition) is 3. The summed E-state index contributed by atoms with van der Waals surface area (Å²) in [6.45, 7) is 2.26. The first-order chi connectivity index (χ1) is 14.5. The minimum atomic E-state index is -4.31. The molecule has 0 saturated carbocycles. The molecule has 168 valence electrons. The zero-order chi connectivity index (χ0) is 21.8. The van der Waals surface area contributed by atoms with E-state index >= 15 is 0 Å². The Morgan fingerprint density at radius 1 is 0.800 bits per heavy atom. The third kappa shape index (κ3) is 7.59. The first-order valence-corrected chi connectivity index (χ1v) is 13.0. The zero-order valence-corrected chi connectivity index (χ0v) is 19.5. The van der Waals surface area contributed by atoms with Crippen LogP contribution in [0.4, 0.5) is 0 Å². The number of fused-ring (bicyclic) bond motifs is 1. The average molecular weight is 435 g/mol. The van der Waals surface area contributed by atoms with Crippen LogP contribution in [-0.2, 0) is 16.5 Å². The lowest BCUT2D eigenvalue weighted by molar-refractivity contribution is 0.412. The van der Waals surface area contributed by atoms with Crippen LogP contribution in [0.2, 0.25) is 0 Å². The van der Waals surface area contributed by atoms with Gasteiger partial charge >= 0.3 is 0 Å². The largest absolute Gasteiger partial charge is 0.496 e. The van der Waals surface area contributed by atoms with Gasteiger partial charge < -0.3 is 4.74 Å². The van der Waals surface area contributed by atoms with Gasteiger partial charge in [-0.1, -0.05) is 102 Å². The lowest BCUT2D eigenvalue weighted by atomic mass is 9.99. The van der Waals surface area contributed by atoms with Gasteiger partial charge in [0.05, 0.1) is 7.11 Å². The maximum atomic E-state index is 11.8. The third-order valence-electron chi connectivity index (χ3n) is 5.82. The van der Waals surface area contributed by atoms with Crippen molar-refractivity contribution >= 4 is 20.9 Å². The lowest BCUT2D eigenvalue weighted by Gasteiger charge is -2.14. The molecule has 5 heteroatoms. The summed E-state index contributed by atoms with van der Waals surface area (Å²) in [7, 11) is -2.75. The molecule has 4 nitrogen and oxygen atoms in total. The smallest absolute Gasteiger partial charge is 0.295 e. The number of unbranched alkanes of at least 4 members (excludes halogenated alkanes) is 11. The van der Waals surface area contributed by atoms with Gasteiger partial charge in [-0.3, -0.25) is 4.55 Å². The molecule has 0 bridgehead atoms. The minimum Gasteiger partial charge on any atom is -0.496 e. The maximum absolute atomic E-state index is 11.8. The van der Waals surface area contributed by atoms with Gasteiger partial charge in [0.1, 0.15) is 10.6 Å². The van der Waals surface area contributed by atoms with Crippen LogP contribution in [0.3, 0.4) is 0 Å². The van der Waals surface area contributed by atoms with E-state index < -0.39 is 10.1 Å². The van der Waals surface area contributed by atoms with E-state index in [1.807, 2.05) is 18.2 Å². The fourth-order valence-electron chi connectivity index (χ4n) is 4.16. The molecule has 0 heterocycles. The van der Waals surface area contributed by atoms with E-state index in [0.717, 1.165) is 30.2 Å². The van der Waals surface area contributed by atoms with Gasteiger partial charge in [0.15, 0.2) is 0 Å². The number of methoxy groups -OCH3 is 1. The quantitative estimate of drug-likeness (QED) is 0.235. The van der Waals surface area contributed by atoms with Crippen LogP contribution in [0.25, 0.3) is 10.8 Å². The van der Waals surface area contributed by atoms with Crippen molar-refractivity contribution < 1.29 is 17.7 Å².